The Labute approximate surface area is 145 Å². The summed E-state index contributed by atoms with van der Waals surface area (Å²) in [5.41, 5.74) is 2.90. The molecule has 25 heavy (non-hydrogen) atoms. The third-order valence-electron chi connectivity index (χ3n) is 4.35. The number of benzene rings is 1. The zero-order valence-corrected chi connectivity index (χ0v) is 13.7. The Kier molecular flexibility index (Phi) is 4.24. The molecule has 6 heteroatoms. The van der Waals surface area contributed by atoms with Crippen LogP contribution in [0.1, 0.15) is 0 Å². The van der Waals surface area contributed by atoms with Crippen LogP contribution in [0.25, 0.3) is 11.3 Å². The first kappa shape index (κ1) is 15.5. The number of hydrogen-bond acceptors (Lipinski definition) is 5. The first-order valence-corrected chi connectivity index (χ1v) is 8.28. The van der Waals surface area contributed by atoms with Gasteiger partial charge in [-0.1, -0.05) is 0 Å². The number of nitrogens with zero attached hydrogens (tertiary/aromatic N) is 5. The molecule has 0 radical (unpaired) electrons. The van der Waals surface area contributed by atoms with Gasteiger partial charge < -0.3 is 9.80 Å². The highest BCUT2D eigenvalue weighted by Crippen LogP contribution is 2.21. The normalized spacial score (nSPS) is 14.6. The van der Waals surface area contributed by atoms with E-state index >= 15 is 0 Å². The maximum absolute atomic E-state index is 13.1. The van der Waals surface area contributed by atoms with Crippen LogP contribution in [-0.4, -0.2) is 41.1 Å². The maximum Gasteiger partial charge on any atom is 0.225 e. The highest BCUT2D eigenvalue weighted by atomic mass is 19.1. The molecule has 126 valence electrons. The van der Waals surface area contributed by atoms with Crippen LogP contribution in [0, 0.1) is 5.82 Å². The van der Waals surface area contributed by atoms with Gasteiger partial charge in [0.2, 0.25) is 5.95 Å². The summed E-state index contributed by atoms with van der Waals surface area (Å²) in [6.45, 7) is 3.36. The van der Waals surface area contributed by atoms with Crippen LogP contribution >= 0.6 is 0 Å². The summed E-state index contributed by atoms with van der Waals surface area (Å²) in [6.07, 6.45) is 5.34. The molecule has 1 fully saturated rings. The van der Waals surface area contributed by atoms with Gasteiger partial charge in [-0.15, -0.1) is 0 Å². The van der Waals surface area contributed by atoms with Crippen molar-refractivity contribution in [1.82, 2.24) is 15.0 Å². The van der Waals surface area contributed by atoms with Gasteiger partial charge in [-0.2, -0.15) is 0 Å². The van der Waals surface area contributed by atoms with Crippen LogP contribution in [0.5, 0.6) is 0 Å². The zero-order valence-electron chi connectivity index (χ0n) is 13.7. The predicted molar refractivity (Wildman–Crippen MR) is 96.1 cm³/mol. The molecule has 5 nitrogen and oxygen atoms in total. The average Bonchev–Trinajstić information content (AvgIpc) is 2.70. The highest BCUT2D eigenvalue weighted by molar-refractivity contribution is 5.59. The molecule has 0 saturated carbocycles. The van der Waals surface area contributed by atoms with Crippen molar-refractivity contribution >= 4 is 11.6 Å². The molecule has 0 atom stereocenters. The summed E-state index contributed by atoms with van der Waals surface area (Å²) in [4.78, 5) is 17.7. The molecule has 2 aromatic heterocycles. The molecule has 1 aromatic carbocycles. The van der Waals surface area contributed by atoms with Gasteiger partial charge >= 0.3 is 0 Å². The molecule has 1 saturated heterocycles. The lowest BCUT2D eigenvalue weighted by Gasteiger charge is -2.36. The fourth-order valence-corrected chi connectivity index (χ4v) is 2.99. The molecule has 0 amide bonds. The molecule has 3 heterocycles. The van der Waals surface area contributed by atoms with E-state index in [4.69, 9.17) is 0 Å². The fourth-order valence-electron chi connectivity index (χ4n) is 2.99. The van der Waals surface area contributed by atoms with Gasteiger partial charge in [-0.05, 0) is 42.5 Å². The van der Waals surface area contributed by atoms with Crippen LogP contribution < -0.4 is 9.80 Å². The predicted octanol–water partition coefficient (Wildman–Crippen LogP) is 3.00. The molecule has 0 bridgehead atoms. The molecule has 0 spiro atoms. The lowest BCUT2D eigenvalue weighted by molar-refractivity contribution is 0.623. The van der Waals surface area contributed by atoms with Gasteiger partial charge in [-0.3, -0.25) is 4.98 Å². The Balaban J connectivity index is 1.47. The first-order chi connectivity index (χ1) is 12.3. The van der Waals surface area contributed by atoms with Crippen molar-refractivity contribution in [3.63, 3.8) is 0 Å². The van der Waals surface area contributed by atoms with E-state index in [0.29, 0.717) is 0 Å². The molecule has 0 unspecified atom stereocenters. The molecule has 4 rings (SSSR count). The van der Waals surface area contributed by atoms with E-state index in [2.05, 4.69) is 24.8 Å². The average molecular weight is 335 g/mol. The van der Waals surface area contributed by atoms with Crippen LogP contribution in [0.2, 0.25) is 0 Å². The van der Waals surface area contributed by atoms with Gasteiger partial charge in [-0.25, -0.2) is 14.4 Å². The third kappa shape index (κ3) is 3.42. The van der Waals surface area contributed by atoms with Crippen molar-refractivity contribution in [1.29, 1.82) is 0 Å². The van der Waals surface area contributed by atoms with Crippen molar-refractivity contribution in [2.24, 2.45) is 0 Å². The molecular weight excluding hydrogens is 317 g/mol. The standard InChI is InChI=1S/C19H18FN5/c20-16-3-5-17(6-4-16)24-10-12-25(13-11-24)19-22-9-7-18(23-19)15-2-1-8-21-14-15/h1-9,14H,10-13H2. The van der Waals surface area contributed by atoms with Gasteiger partial charge in [0.05, 0.1) is 5.69 Å². The largest absolute Gasteiger partial charge is 0.368 e. The number of aromatic nitrogens is 3. The van der Waals surface area contributed by atoms with Crippen molar-refractivity contribution < 1.29 is 4.39 Å². The summed E-state index contributed by atoms with van der Waals surface area (Å²) in [7, 11) is 0. The minimum atomic E-state index is -0.206. The van der Waals surface area contributed by atoms with E-state index in [1.807, 2.05) is 30.3 Å². The van der Waals surface area contributed by atoms with Gasteiger partial charge in [0, 0.05) is 56.0 Å². The highest BCUT2D eigenvalue weighted by Gasteiger charge is 2.19. The van der Waals surface area contributed by atoms with Crippen molar-refractivity contribution in [3.05, 3.63) is 66.9 Å². The van der Waals surface area contributed by atoms with Gasteiger partial charge in [0.15, 0.2) is 0 Å². The Bertz CT molecular complexity index is 830. The van der Waals surface area contributed by atoms with Gasteiger partial charge in [0.1, 0.15) is 5.82 Å². The second kappa shape index (κ2) is 6.84. The molecular formula is C19H18FN5. The summed E-state index contributed by atoms with van der Waals surface area (Å²) >= 11 is 0. The lowest BCUT2D eigenvalue weighted by atomic mass is 10.2. The molecule has 0 aliphatic carbocycles. The zero-order chi connectivity index (χ0) is 17.1. The van der Waals surface area contributed by atoms with E-state index < -0.39 is 0 Å². The second-order valence-electron chi connectivity index (χ2n) is 5.93. The van der Waals surface area contributed by atoms with Crippen molar-refractivity contribution in [2.45, 2.75) is 0 Å². The Hall–Kier alpha value is -3.02. The number of piperazine rings is 1. The van der Waals surface area contributed by atoms with Gasteiger partial charge in [0.25, 0.3) is 0 Å². The Morgan fingerprint density at radius 2 is 1.60 bits per heavy atom. The summed E-state index contributed by atoms with van der Waals surface area (Å²) in [5, 5.41) is 0. The molecule has 1 aliphatic rings. The van der Waals surface area contributed by atoms with Crippen molar-refractivity contribution in [2.75, 3.05) is 36.0 Å². The topological polar surface area (TPSA) is 45.2 Å². The summed E-state index contributed by atoms with van der Waals surface area (Å²) < 4.78 is 13.1. The van der Waals surface area contributed by atoms with Crippen LogP contribution in [-0.2, 0) is 0 Å². The smallest absolute Gasteiger partial charge is 0.225 e. The Morgan fingerprint density at radius 3 is 2.32 bits per heavy atom. The second-order valence-corrected chi connectivity index (χ2v) is 5.93. The first-order valence-electron chi connectivity index (χ1n) is 8.28. The molecule has 0 N–H and O–H groups in total. The van der Waals surface area contributed by atoms with E-state index in [9.17, 15) is 4.39 Å². The third-order valence-corrected chi connectivity index (χ3v) is 4.35. The van der Waals surface area contributed by atoms with Crippen LogP contribution in [0.15, 0.2) is 61.1 Å². The number of halogens is 1. The minimum absolute atomic E-state index is 0.206. The quantitative estimate of drug-likeness (QED) is 0.736. The van der Waals surface area contributed by atoms with E-state index in [1.54, 1.807) is 18.6 Å². The number of anilines is 2. The molecule has 1 aliphatic heterocycles. The maximum atomic E-state index is 13.1. The van der Waals surface area contributed by atoms with Crippen molar-refractivity contribution in [3.8, 4) is 11.3 Å². The van der Waals surface area contributed by atoms with E-state index in [0.717, 1.165) is 49.1 Å². The number of hydrogen-bond donors (Lipinski definition) is 0. The number of rotatable bonds is 3. The summed E-state index contributed by atoms with van der Waals surface area (Å²) in [6, 6.07) is 12.4. The monoisotopic (exact) mass is 335 g/mol. The fraction of sp³-hybridized carbons (Fsp3) is 0.211. The van der Waals surface area contributed by atoms with E-state index in [1.165, 1.54) is 12.1 Å². The lowest BCUT2D eigenvalue weighted by Crippen LogP contribution is -2.47. The van der Waals surface area contributed by atoms with Crippen LogP contribution in [0.4, 0.5) is 16.0 Å². The minimum Gasteiger partial charge on any atom is -0.368 e. The SMILES string of the molecule is Fc1ccc(N2CCN(c3nccc(-c4cccnc4)n3)CC2)cc1. The van der Waals surface area contributed by atoms with E-state index in [-0.39, 0.29) is 5.82 Å². The Morgan fingerprint density at radius 1 is 0.840 bits per heavy atom. The molecule has 3 aromatic rings. The van der Waals surface area contributed by atoms with Crippen LogP contribution in [0.3, 0.4) is 0 Å². The number of pyridine rings is 1. The summed E-state index contributed by atoms with van der Waals surface area (Å²) in [5.74, 6) is 0.531.